The summed E-state index contributed by atoms with van der Waals surface area (Å²) in [5.41, 5.74) is 1.82. The molecular weight excluding hydrogens is 511 g/mol. The maximum atomic E-state index is 14.2. The zero-order valence-corrected chi connectivity index (χ0v) is 23.9. The highest BCUT2D eigenvalue weighted by Crippen LogP contribution is 2.40. The minimum Gasteiger partial charge on any atom is -0.497 e. The van der Waals surface area contributed by atoms with E-state index in [2.05, 4.69) is 25.8 Å². The number of carbonyl (C=O) groups excluding carboxylic acids is 1. The van der Waals surface area contributed by atoms with Crippen LogP contribution in [-0.4, -0.2) is 79.6 Å². The van der Waals surface area contributed by atoms with E-state index in [0.29, 0.717) is 48.0 Å². The van der Waals surface area contributed by atoms with Crippen molar-refractivity contribution in [3.05, 3.63) is 58.6 Å². The third-order valence-corrected chi connectivity index (χ3v) is 7.04. The Morgan fingerprint density at radius 2 is 1.78 bits per heavy atom. The van der Waals surface area contributed by atoms with Crippen LogP contribution >= 0.6 is 24.0 Å². The Morgan fingerprint density at radius 3 is 2.38 bits per heavy atom. The first-order chi connectivity index (χ1) is 17.3. The summed E-state index contributed by atoms with van der Waals surface area (Å²) in [5.74, 6) is 2.42. The number of hydrogen-bond acceptors (Lipinski definition) is 5. The van der Waals surface area contributed by atoms with Gasteiger partial charge in [0.25, 0.3) is 0 Å². The number of halogens is 2. The van der Waals surface area contributed by atoms with E-state index in [0.717, 1.165) is 30.6 Å². The molecule has 2 heterocycles. The van der Waals surface area contributed by atoms with Gasteiger partial charge in [0.2, 0.25) is 0 Å². The molecule has 0 N–H and O–H groups in total. The van der Waals surface area contributed by atoms with Gasteiger partial charge in [0.15, 0.2) is 0 Å². The Kier molecular flexibility index (Phi) is 10.1. The van der Waals surface area contributed by atoms with Crippen molar-refractivity contribution in [2.45, 2.75) is 39.3 Å². The molecule has 0 saturated carbocycles. The van der Waals surface area contributed by atoms with Crippen LogP contribution in [0.3, 0.4) is 0 Å². The zero-order chi connectivity index (χ0) is 25.8. The van der Waals surface area contributed by atoms with Gasteiger partial charge in [-0.15, -0.1) is 12.4 Å². The average Bonchev–Trinajstić information content (AvgIpc) is 3.22. The zero-order valence-electron chi connectivity index (χ0n) is 22.3. The number of amides is 2. The van der Waals surface area contributed by atoms with Gasteiger partial charge in [0.1, 0.15) is 17.3 Å². The average molecular weight is 550 g/mol. The molecule has 2 aliphatic heterocycles. The number of hydrogen-bond donors (Lipinski definition) is 0. The number of ether oxygens (including phenoxy) is 2. The van der Waals surface area contributed by atoms with Crippen LogP contribution < -0.4 is 9.47 Å². The van der Waals surface area contributed by atoms with Gasteiger partial charge in [-0.3, -0.25) is 9.89 Å². The molecule has 0 aromatic heterocycles. The highest BCUT2D eigenvalue weighted by Gasteiger charge is 2.44. The van der Waals surface area contributed by atoms with Gasteiger partial charge in [-0.05, 0) is 56.1 Å². The van der Waals surface area contributed by atoms with Gasteiger partial charge in [-0.1, -0.05) is 37.6 Å². The first kappa shape index (κ1) is 29.1. The topological polar surface area (TPSA) is 57.6 Å². The van der Waals surface area contributed by atoms with Crippen molar-refractivity contribution in [2.75, 3.05) is 46.9 Å². The third kappa shape index (κ3) is 6.51. The summed E-state index contributed by atoms with van der Waals surface area (Å²) in [7, 11) is 3.72. The van der Waals surface area contributed by atoms with Crippen molar-refractivity contribution in [3.8, 4) is 11.5 Å². The van der Waals surface area contributed by atoms with Crippen molar-refractivity contribution >= 4 is 35.9 Å². The van der Waals surface area contributed by atoms with Crippen LogP contribution in [0.4, 0.5) is 4.79 Å². The number of carbonyl (C=O) groups is 1. The molecule has 0 aliphatic carbocycles. The minimum atomic E-state index is -0.233. The van der Waals surface area contributed by atoms with Crippen molar-refractivity contribution in [1.82, 2.24) is 14.7 Å². The third-order valence-electron chi connectivity index (χ3n) is 6.79. The maximum Gasteiger partial charge on any atom is 0.326 e. The van der Waals surface area contributed by atoms with Crippen LogP contribution in [0.2, 0.25) is 5.02 Å². The first-order valence-electron chi connectivity index (χ1n) is 12.7. The number of urea groups is 1. The Bertz CT molecular complexity index is 1090. The Morgan fingerprint density at radius 1 is 1.11 bits per heavy atom. The molecule has 202 valence electrons. The summed E-state index contributed by atoms with van der Waals surface area (Å²) >= 11 is 6.23. The van der Waals surface area contributed by atoms with Gasteiger partial charge in [-0.25, -0.2) is 4.79 Å². The van der Waals surface area contributed by atoms with Crippen LogP contribution in [0, 0.1) is 5.92 Å². The molecule has 0 spiro atoms. The summed E-state index contributed by atoms with van der Waals surface area (Å²) in [4.78, 5) is 25.5. The van der Waals surface area contributed by atoms with Crippen LogP contribution in [0.15, 0.2) is 47.5 Å². The minimum absolute atomic E-state index is 0. The van der Waals surface area contributed by atoms with Crippen LogP contribution in [-0.2, 0) is 0 Å². The maximum absolute atomic E-state index is 14.2. The summed E-state index contributed by atoms with van der Waals surface area (Å²) in [6, 6.07) is 13.2. The van der Waals surface area contributed by atoms with Gasteiger partial charge in [0, 0.05) is 37.3 Å². The fourth-order valence-electron chi connectivity index (χ4n) is 4.94. The van der Waals surface area contributed by atoms with Crippen molar-refractivity contribution in [3.63, 3.8) is 0 Å². The van der Waals surface area contributed by atoms with Crippen molar-refractivity contribution < 1.29 is 14.3 Å². The molecular formula is C28H38Cl2N4O3. The quantitative estimate of drug-likeness (QED) is 0.441. The molecule has 0 unspecified atom stereocenters. The number of rotatable bonds is 7. The van der Waals surface area contributed by atoms with E-state index in [1.165, 1.54) is 0 Å². The summed E-state index contributed by atoms with van der Waals surface area (Å²) in [5, 5.41) is 0.670. The fraction of sp³-hybridized carbons (Fsp3) is 0.500. The number of amidine groups is 1. The molecule has 37 heavy (non-hydrogen) atoms. The monoisotopic (exact) mass is 548 g/mol. The van der Waals surface area contributed by atoms with E-state index in [1.54, 1.807) is 7.11 Å². The summed E-state index contributed by atoms with van der Waals surface area (Å²) in [6.07, 6.45) is 0.851. The van der Waals surface area contributed by atoms with Crippen molar-refractivity contribution in [1.29, 1.82) is 0 Å². The standard InChI is InChI=1S/C28H37ClN4O3.ClH/c1-6-36-25-18-22(35-5)11-12-23(25)27-30-24(17-19(2)3)26(20-7-9-21(29)10-8-20)33(27)28(34)32-15-13-31(4)14-16-32;/h7-12,18-19,24,26H,6,13-17H2,1-5H3;1H/t24-,26+;/m1./s1. The first-order valence-corrected chi connectivity index (χ1v) is 13.1. The highest BCUT2D eigenvalue weighted by atomic mass is 35.5. The lowest BCUT2D eigenvalue weighted by atomic mass is 9.93. The van der Waals surface area contributed by atoms with E-state index < -0.39 is 0 Å². The predicted molar refractivity (Wildman–Crippen MR) is 152 cm³/mol. The fourth-order valence-corrected chi connectivity index (χ4v) is 5.06. The van der Waals surface area contributed by atoms with Crippen LogP contribution in [0.25, 0.3) is 0 Å². The molecule has 2 aliphatic rings. The van der Waals surface area contributed by atoms with Crippen LogP contribution in [0.5, 0.6) is 11.5 Å². The number of likely N-dealkylation sites (N-methyl/N-ethyl adjacent to an activating group) is 1. The Balaban J connectivity index is 0.00000380. The SMILES string of the molecule is CCOc1cc(OC)ccc1C1=N[C@H](CC(C)C)[C@H](c2ccc(Cl)cc2)N1C(=O)N1CCN(C)CC1.Cl. The smallest absolute Gasteiger partial charge is 0.326 e. The van der Waals surface area contributed by atoms with Crippen molar-refractivity contribution in [2.24, 2.45) is 10.9 Å². The van der Waals surface area contributed by atoms with Crippen LogP contribution in [0.1, 0.15) is 44.4 Å². The van der Waals surface area contributed by atoms with E-state index >= 15 is 0 Å². The lowest BCUT2D eigenvalue weighted by molar-refractivity contribution is 0.129. The van der Waals surface area contributed by atoms with E-state index in [9.17, 15) is 4.79 Å². The second kappa shape index (κ2) is 12.9. The number of piperazine rings is 1. The number of methoxy groups -OCH3 is 1. The summed E-state index contributed by atoms with van der Waals surface area (Å²) in [6.45, 7) is 9.89. The molecule has 0 radical (unpaired) electrons. The second-order valence-corrected chi connectivity index (χ2v) is 10.3. The molecule has 0 bridgehead atoms. The summed E-state index contributed by atoms with van der Waals surface area (Å²) < 4.78 is 11.5. The Labute approximate surface area is 231 Å². The van der Waals surface area contributed by atoms with E-state index in [4.69, 9.17) is 26.1 Å². The molecule has 2 atom stereocenters. The largest absolute Gasteiger partial charge is 0.497 e. The molecule has 1 fully saturated rings. The lowest BCUT2D eigenvalue weighted by Gasteiger charge is -2.38. The number of aliphatic imine (C=N–C) groups is 1. The molecule has 1 saturated heterocycles. The van der Waals surface area contributed by atoms with Gasteiger partial charge < -0.3 is 19.3 Å². The normalized spacial score (nSPS) is 20.0. The molecule has 9 heteroatoms. The second-order valence-electron chi connectivity index (χ2n) is 9.88. The lowest BCUT2D eigenvalue weighted by Crippen LogP contribution is -2.53. The molecule has 4 rings (SSSR count). The number of nitrogens with zero attached hydrogens (tertiary/aromatic N) is 4. The van der Waals surface area contributed by atoms with E-state index in [-0.39, 0.29) is 30.5 Å². The molecule has 7 nitrogen and oxygen atoms in total. The van der Waals surface area contributed by atoms with Gasteiger partial charge >= 0.3 is 6.03 Å². The van der Waals surface area contributed by atoms with Gasteiger partial charge in [0.05, 0.1) is 31.4 Å². The molecule has 2 aromatic rings. The number of benzene rings is 2. The highest BCUT2D eigenvalue weighted by molar-refractivity contribution is 6.30. The molecule has 2 amide bonds. The van der Waals surface area contributed by atoms with Gasteiger partial charge in [-0.2, -0.15) is 0 Å². The molecule has 2 aromatic carbocycles. The predicted octanol–water partition coefficient (Wildman–Crippen LogP) is 5.75. The van der Waals surface area contributed by atoms with E-state index in [1.807, 2.05) is 59.2 Å². The Hall–Kier alpha value is -2.48.